The molecule has 0 unspecified atom stereocenters. The van der Waals surface area contributed by atoms with Crippen LogP contribution in [0.25, 0.3) is 16.6 Å². The Balaban J connectivity index is 1.44. The van der Waals surface area contributed by atoms with Crippen LogP contribution in [-0.4, -0.2) is 82.4 Å². The second-order valence-electron chi connectivity index (χ2n) is 10.6. The lowest BCUT2D eigenvalue weighted by atomic mass is 9.98. The number of sulfonamides is 1. The minimum Gasteiger partial charge on any atom is -0.396 e. The molecular formula is C28H29F5N8O4S. The van der Waals surface area contributed by atoms with E-state index in [0.29, 0.717) is 65.7 Å². The Bertz CT molecular complexity index is 1890. The van der Waals surface area contributed by atoms with E-state index in [1.54, 1.807) is 4.52 Å². The number of alkyl halides is 3. The first-order chi connectivity index (χ1) is 21.7. The predicted molar refractivity (Wildman–Crippen MR) is 159 cm³/mol. The number of amides is 2. The highest BCUT2D eigenvalue weighted by Gasteiger charge is 2.32. The average Bonchev–Trinajstić information content (AvgIpc) is 3.28. The van der Waals surface area contributed by atoms with E-state index in [4.69, 9.17) is 5.73 Å². The molecule has 246 valence electrons. The Kier molecular flexibility index (Phi) is 9.16. The Morgan fingerprint density at radius 1 is 1.02 bits per heavy atom. The third kappa shape index (κ3) is 6.88. The van der Waals surface area contributed by atoms with E-state index in [1.165, 1.54) is 22.8 Å². The topological polar surface area (TPSA) is 158 Å². The summed E-state index contributed by atoms with van der Waals surface area (Å²) < 4.78 is 95.4. The Hall–Kier alpha value is -4.39. The van der Waals surface area contributed by atoms with Gasteiger partial charge in [0.05, 0.1) is 28.9 Å². The second kappa shape index (κ2) is 12.8. The van der Waals surface area contributed by atoms with Crippen molar-refractivity contribution in [3.63, 3.8) is 0 Å². The number of hydrogen-bond donors (Lipinski definition) is 4. The highest BCUT2D eigenvalue weighted by atomic mass is 32.2. The van der Waals surface area contributed by atoms with Crippen molar-refractivity contribution in [2.75, 3.05) is 55.4 Å². The van der Waals surface area contributed by atoms with Gasteiger partial charge in [-0.1, -0.05) is 6.07 Å². The van der Waals surface area contributed by atoms with Gasteiger partial charge in [-0.2, -0.15) is 22.6 Å². The van der Waals surface area contributed by atoms with Crippen molar-refractivity contribution in [2.45, 2.75) is 19.1 Å². The number of benzene rings is 2. The molecule has 1 aliphatic rings. The van der Waals surface area contributed by atoms with Crippen LogP contribution in [-0.2, 0) is 29.2 Å². The van der Waals surface area contributed by atoms with Gasteiger partial charge in [-0.15, -0.1) is 0 Å². The summed E-state index contributed by atoms with van der Waals surface area (Å²) in [7, 11) is -3.34. The van der Waals surface area contributed by atoms with Gasteiger partial charge in [0.25, 0.3) is 0 Å². The first-order valence-corrected chi connectivity index (χ1v) is 15.7. The van der Waals surface area contributed by atoms with Gasteiger partial charge in [-0.25, -0.2) is 31.5 Å². The molecule has 46 heavy (non-hydrogen) atoms. The minimum atomic E-state index is -4.78. The third-order valence-electron chi connectivity index (χ3n) is 7.54. The fourth-order valence-electron chi connectivity index (χ4n) is 5.35. The number of nitrogens with two attached hydrogens (primary N) is 1. The van der Waals surface area contributed by atoms with Crippen LogP contribution in [0.5, 0.6) is 0 Å². The summed E-state index contributed by atoms with van der Waals surface area (Å²) in [6.07, 6.45) is -2.25. The number of fused-ring (bicyclic) bond motifs is 1. The van der Waals surface area contributed by atoms with Crippen molar-refractivity contribution >= 4 is 38.8 Å². The smallest absolute Gasteiger partial charge is 0.396 e. The van der Waals surface area contributed by atoms with Crippen molar-refractivity contribution in [1.82, 2.24) is 23.8 Å². The number of rotatable bonds is 8. The first kappa shape index (κ1) is 33.0. The van der Waals surface area contributed by atoms with E-state index in [-0.39, 0.29) is 37.6 Å². The SMILES string of the molecule is CS(=O)(=O)N1CCN(Cc2c(CCO)c(-c3ccc(NC(=O)Nc4cc(C(F)(F)F)ccc4F)c(F)c3)c3c(N)ncnn23)CC1. The monoisotopic (exact) mass is 668 g/mol. The van der Waals surface area contributed by atoms with Crippen LogP contribution in [0.15, 0.2) is 42.7 Å². The number of nitrogens with zero attached hydrogens (tertiary/aromatic N) is 5. The van der Waals surface area contributed by atoms with E-state index >= 15 is 4.39 Å². The molecule has 5 rings (SSSR count). The highest BCUT2D eigenvalue weighted by Crippen LogP contribution is 2.38. The largest absolute Gasteiger partial charge is 0.416 e. The summed E-state index contributed by atoms with van der Waals surface area (Å²) >= 11 is 0. The summed E-state index contributed by atoms with van der Waals surface area (Å²) in [6, 6.07) is 4.08. The van der Waals surface area contributed by atoms with E-state index in [9.17, 15) is 35.9 Å². The number of aromatic nitrogens is 3. The summed E-state index contributed by atoms with van der Waals surface area (Å²) in [5.41, 5.74) is 6.25. The Morgan fingerprint density at radius 3 is 2.35 bits per heavy atom. The molecule has 3 heterocycles. The lowest BCUT2D eigenvalue weighted by molar-refractivity contribution is -0.137. The number of nitrogens with one attached hydrogen (secondary N) is 2. The fourth-order valence-corrected chi connectivity index (χ4v) is 6.18. The average molecular weight is 669 g/mol. The van der Waals surface area contributed by atoms with Crippen LogP contribution < -0.4 is 16.4 Å². The van der Waals surface area contributed by atoms with Gasteiger partial charge < -0.3 is 21.5 Å². The number of carbonyl (C=O) groups excluding carboxylic acids is 1. The molecule has 18 heteroatoms. The van der Waals surface area contributed by atoms with E-state index in [2.05, 4.69) is 15.4 Å². The molecule has 0 radical (unpaired) electrons. The molecule has 4 aromatic rings. The van der Waals surface area contributed by atoms with Gasteiger partial charge in [-0.3, -0.25) is 4.90 Å². The Morgan fingerprint density at radius 2 is 1.72 bits per heavy atom. The quantitative estimate of drug-likeness (QED) is 0.208. The minimum absolute atomic E-state index is 0.0717. The molecule has 1 fully saturated rings. The summed E-state index contributed by atoms with van der Waals surface area (Å²) in [6.45, 7) is 1.45. The van der Waals surface area contributed by atoms with Gasteiger partial charge in [0.15, 0.2) is 5.82 Å². The van der Waals surface area contributed by atoms with Crippen LogP contribution in [0.1, 0.15) is 16.8 Å². The van der Waals surface area contributed by atoms with Gasteiger partial charge in [0.1, 0.15) is 23.5 Å². The number of halogens is 5. The van der Waals surface area contributed by atoms with Gasteiger partial charge in [0, 0.05) is 44.9 Å². The molecule has 12 nitrogen and oxygen atoms in total. The molecule has 0 aliphatic carbocycles. The fraction of sp³-hybridized carbons (Fsp3) is 0.321. The molecule has 1 aliphatic heterocycles. The van der Waals surface area contributed by atoms with Gasteiger partial charge >= 0.3 is 12.2 Å². The van der Waals surface area contributed by atoms with Crippen molar-refractivity contribution in [3.05, 3.63) is 71.2 Å². The first-order valence-electron chi connectivity index (χ1n) is 13.8. The van der Waals surface area contributed by atoms with Crippen LogP contribution in [0.2, 0.25) is 0 Å². The number of aliphatic hydroxyl groups is 1. The summed E-state index contributed by atoms with van der Waals surface area (Å²) in [5.74, 6) is -1.98. The predicted octanol–water partition coefficient (Wildman–Crippen LogP) is 3.53. The van der Waals surface area contributed by atoms with Gasteiger partial charge in [-0.05, 0) is 47.9 Å². The lowest BCUT2D eigenvalue weighted by Gasteiger charge is -2.33. The van der Waals surface area contributed by atoms with Crippen LogP contribution >= 0.6 is 0 Å². The number of aliphatic hydroxyl groups excluding tert-OH is 1. The molecule has 0 spiro atoms. The molecule has 0 bridgehead atoms. The standard InChI is InChI=1S/C28H29F5N8O4S/c1-46(44,45)40-9-7-39(8-10-40)14-23-18(6-11-42)24(25-26(34)35-15-36-41(23)25)16-2-5-21(20(30)12-16)37-27(43)38-22-13-17(28(31,32)33)3-4-19(22)29/h2-5,12-13,15,42H,6-11,14H2,1H3,(H2,34,35,36)(H2,37,38,43). The van der Waals surface area contributed by atoms with Gasteiger partial charge in [0.2, 0.25) is 10.0 Å². The molecule has 1 saturated heterocycles. The maximum absolute atomic E-state index is 15.4. The number of hydrogen-bond acceptors (Lipinski definition) is 8. The molecule has 2 aromatic heterocycles. The number of urea groups is 1. The maximum atomic E-state index is 15.4. The van der Waals surface area contributed by atoms with Crippen LogP contribution in [0, 0.1) is 11.6 Å². The maximum Gasteiger partial charge on any atom is 0.416 e. The zero-order chi connectivity index (χ0) is 33.4. The van der Waals surface area contributed by atoms with E-state index in [0.717, 1.165) is 12.3 Å². The molecule has 0 atom stereocenters. The van der Waals surface area contributed by atoms with Crippen molar-refractivity contribution in [1.29, 1.82) is 0 Å². The Labute approximate surface area is 259 Å². The number of carbonyl (C=O) groups is 1. The van der Waals surface area contributed by atoms with Crippen molar-refractivity contribution < 1.29 is 40.3 Å². The summed E-state index contributed by atoms with van der Waals surface area (Å²) in [5, 5.41) is 18.4. The number of nitrogen functional groups attached to an aromatic ring is 1. The van der Waals surface area contributed by atoms with E-state index in [1.807, 2.05) is 10.2 Å². The molecule has 2 amide bonds. The lowest BCUT2D eigenvalue weighted by Crippen LogP contribution is -2.48. The van der Waals surface area contributed by atoms with Crippen molar-refractivity contribution in [2.24, 2.45) is 0 Å². The van der Waals surface area contributed by atoms with E-state index < -0.39 is 45.1 Å². The number of piperazine rings is 1. The molecule has 5 N–H and O–H groups in total. The van der Waals surface area contributed by atoms with Crippen LogP contribution in [0.4, 0.5) is 43.9 Å². The molecule has 0 saturated carbocycles. The summed E-state index contributed by atoms with van der Waals surface area (Å²) in [4.78, 5) is 18.6. The normalized spacial score (nSPS) is 14.9. The molecular weight excluding hydrogens is 639 g/mol. The second-order valence-corrected chi connectivity index (χ2v) is 12.6. The van der Waals surface area contributed by atoms with Crippen molar-refractivity contribution in [3.8, 4) is 11.1 Å². The zero-order valence-corrected chi connectivity index (χ0v) is 25.1. The third-order valence-corrected chi connectivity index (χ3v) is 8.85. The highest BCUT2D eigenvalue weighted by molar-refractivity contribution is 7.88. The molecule has 2 aromatic carbocycles. The zero-order valence-electron chi connectivity index (χ0n) is 24.3. The number of anilines is 3. The van der Waals surface area contributed by atoms with Crippen LogP contribution in [0.3, 0.4) is 0 Å².